The quantitative estimate of drug-likeness (QED) is 0.649. The second-order valence-electron chi connectivity index (χ2n) is 4.56. The number of anilines is 2. The summed E-state index contributed by atoms with van der Waals surface area (Å²) in [5, 5.41) is 14.3. The van der Waals surface area contributed by atoms with E-state index in [1.54, 1.807) is 41.5 Å². The van der Waals surface area contributed by atoms with E-state index < -0.39 is 6.03 Å². The molecular formula is C14H13N7O2S. The number of nitrogens with one attached hydrogen (secondary N) is 3. The van der Waals surface area contributed by atoms with Crippen LogP contribution in [0, 0.1) is 0 Å². The second kappa shape index (κ2) is 7.33. The SMILES string of the molecule is O=C(CNC(=O)Nc1ccn(-c2nccs2)n1)Nc1cccnc1. The van der Waals surface area contributed by atoms with Gasteiger partial charge in [0.05, 0.1) is 18.4 Å². The van der Waals surface area contributed by atoms with Gasteiger partial charge in [-0.25, -0.2) is 14.5 Å². The van der Waals surface area contributed by atoms with Gasteiger partial charge in [-0.05, 0) is 12.1 Å². The van der Waals surface area contributed by atoms with Gasteiger partial charge in [-0.1, -0.05) is 0 Å². The fraction of sp³-hybridized carbons (Fsp3) is 0.0714. The van der Waals surface area contributed by atoms with Crippen LogP contribution in [-0.2, 0) is 4.79 Å². The molecule has 3 heterocycles. The molecule has 3 amide bonds. The van der Waals surface area contributed by atoms with Crippen molar-refractivity contribution in [2.75, 3.05) is 17.2 Å². The molecule has 10 heteroatoms. The fourth-order valence-electron chi connectivity index (χ4n) is 1.79. The molecule has 0 aliphatic carbocycles. The molecule has 3 aromatic rings. The molecule has 0 atom stereocenters. The summed E-state index contributed by atoms with van der Waals surface area (Å²) in [6.45, 7) is -0.173. The lowest BCUT2D eigenvalue weighted by Crippen LogP contribution is -2.35. The maximum Gasteiger partial charge on any atom is 0.320 e. The highest BCUT2D eigenvalue weighted by Crippen LogP contribution is 2.12. The molecule has 0 spiro atoms. The summed E-state index contributed by atoms with van der Waals surface area (Å²) < 4.78 is 1.55. The topological polar surface area (TPSA) is 114 Å². The van der Waals surface area contributed by atoms with E-state index in [1.165, 1.54) is 17.5 Å². The first-order chi connectivity index (χ1) is 11.7. The van der Waals surface area contributed by atoms with Crippen LogP contribution >= 0.6 is 11.3 Å². The number of hydrogen-bond donors (Lipinski definition) is 3. The van der Waals surface area contributed by atoms with E-state index in [2.05, 4.69) is 31.0 Å². The number of aromatic nitrogens is 4. The van der Waals surface area contributed by atoms with Crippen LogP contribution in [0.15, 0.2) is 48.4 Å². The zero-order valence-electron chi connectivity index (χ0n) is 12.3. The molecule has 0 fully saturated rings. The average molecular weight is 343 g/mol. The Balaban J connectivity index is 1.47. The van der Waals surface area contributed by atoms with Gasteiger partial charge in [0.15, 0.2) is 5.82 Å². The minimum atomic E-state index is -0.527. The van der Waals surface area contributed by atoms with Crippen molar-refractivity contribution in [1.29, 1.82) is 0 Å². The van der Waals surface area contributed by atoms with Gasteiger partial charge in [0.25, 0.3) is 0 Å². The van der Waals surface area contributed by atoms with Crippen LogP contribution in [0.2, 0.25) is 0 Å². The van der Waals surface area contributed by atoms with Gasteiger partial charge in [0.1, 0.15) is 0 Å². The van der Waals surface area contributed by atoms with Crippen molar-refractivity contribution in [3.8, 4) is 5.13 Å². The van der Waals surface area contributed by atoms with Gasteiger partial charge < -0.3 is 10.6 Å². The predicted molar refractivity (Wildman–Crippen MR) is 89.1 cm³/mol. The monoisotopic (exact) mass is 343 g/mol. The smallest absolute Gasteiger partial charge is 0.320 e. The fourth-order valence-corrected chi connectivity index (χ4v) is 2.36. The number of rotatable bonds is 5. The highest BCUT2D eigenvalue weighted by atomic mass is 32.1. The van der Waals surface area contributed by atoms with Crippen LogP contribution in [0.3, 0.4) is 0 Å². The lowest BCUT2D eigenvalue weighted by Gasteiger charge is -2.06. The third kappa shape index (κ3) is 4.14. The van der Waals surface area contributed by atoms with E-state index in [-0.39, 0.29) is 12.5 Å². The Morgan fingerprint density at radius 2 is 2.12 bits per heavy atom. The summed E-state index contributed by atoms with van der Waals surface area (Å²) in [5.74, 6) is 0.00170. The third-order valence-corrected chi connectivity index (χ3v) is 3.56. The minimum absolute atomic E-state index is 0.173. The number of pyridine rings is 1. The van der Waals surface area contributed by atoms with Crippen molar-refractivity contribution < 1.29 is 9.59 Å². The maximum atomic E-state index is 11.8. The third-order valence-electron chi connectivity index (χ3n) is 2.80. The molecule has 0 aliphatic rings. The van der Waals surface area contributed by atoms with Crippen molar-refractivity contribution in [1.82, 2.24) is 25.1 Å². The average Bonchev–Trinajstić information content (AvgIpc) is 3.25. The molecule has 3 N–H and O–H groups in total. The largest absolute Gasteiger partial charge is 0.329 e. The Morgan fingerprint density at radius 3 is 2.88 bits per heavy atom. The van der Waals surface area contributed by atoms with Crippen molar-refractivity contribution in [2.24, 2.45) is 0 Å². The molecule has 0 bridgehead atoms. The first-order valence-electron chi connectivity index (χ1n) is 6.91. The Hall–Kier alpha value is -3.27. The predicted octanol–water partition coefficient (Wildman–Crippen LogP) is 1.48. The van der Waals surface area contributed by atoms with Crippen molar-refractivity contribution >= 4 is 34.8 Å². The molecule has 3 rings (SSSR count). The molecule has 24 heavy (non-hydrogen) atoms. The summed E-state index contributed by atoms with van der Waals surface area (Å²) in [6.07, 6.45) is 6.47. The summed E-state index contributed by atoms with van der Waals surface area (Å²) in [5.41, 5.74) is 0.562. The Bertz CT molecular complexity index is 817. The lowest BCUT2D eigenvalue weighted by molar-refractivity contribution is -0.115. The highest BCUT2D eigenvalue weighted by molar-refractivity contribution is 7.12. The summed E-state index contributed by atoms with van der Waals surface area (Å²) in [7, 11) is 0. The Kier molecular flexibility index (Phi) is 4.77. The Labute approximate surface area is 140 Å². The number of carbonyl (C=O) groups is 2. The van der Waals surface area contributed by atoms with E-state index in [1.807, 2.05) is 5.38 Å². The Morgan fingerprint density at radius 1 is 1.21 bits per heavy atom. The number of carbonyl (C=O) groups excluding carboxylic acids is 2. The van der Waals surface area contributed by atoms with E-state index in [9.17, 15) is 9.59 Å². The minimum Gasteiger partial charge on any atom is -0.329 e. The van der Waals surface area contributed by atoms with Crippen LogP contribution in [0.4, 0.5) is 16.3 Å². The molecule has 0 unspecified atom stereocenters. The van der Waals surface area contributed by atoms with Gasteiger partial charge in [0, 0.05) is 30.0 Å². The van der Waals surface area contributed by atoms with Gasteiger partial charge in [-0.15, -0.1) is 16.4 Å². The molecule has 0 radical (unpaired) electrons. The van der Waals surface area contributed by atoms with Crippen molar-refractivity contribution in [2.45, 2.75) is 0 Å². The van der Waals surface area contributed by atoms with Gasteiger partial charge in [-0.2, -0.15) is 0 Å². The van der Waals surface area contributed by atoms with Crippen molar-refractivity contribution in [3.05, 3.63) is 48.4 Å². The first kappa shape index (κ1) is 15.6. The van der Waals surface area contributed by atoms with E-state index >= 15 is 0 Å². The van der Waals surface area contributed by atoms with Gasteiger partial charge in [-0.3, -0.25) is 15.1 Å². The van der Waals surface area contributed by atoms with Crippen LogP contribution in [-0.4, -0.2) is 38.2 Å². The van der Waals surface area contributed by atoms with Crippen LogP contribution in [0.5, 0.6) is 0 Å². The first-order valence-corrected chi connectivity index (χ1v) is 7.79. The normalized spacial score (nSPS) is 10.2. The van der Waals surface area contributed by atoms with E-state index in [0.717, 1.165) is 0 Å². The molecule has 0 aliphatic heterocycles. The number of amides is 3. The zero-order chi connectivity index (χ0) is 16.8. The van der Waals surface area contributed by atoms with Gasteiger partial charge in [0.2, 0.25) is 11.0 Å². The number of hydrogen-bond acceptors (Lipinski definition) is 6. The molecule has 0 saturated heterocycles. The standard InChI is InChI=1S/C14H13N7O2S/c22-12(18-10-2-1-4-15-8-10)9-17-13(23)19-11-3-6-21(20-11)14-16-5-7-24-14/h1-8H,9H2,(H,18,22)(H2,17,19,20,23). The number of urea groups is 1. The second-order valence-corrected chi connectivity index (χ2v) is 5.43. The molecule has 0 saturated carbocycles. The summed E-state index contributed by atoms with van der Waals surface area (Å²) in [4.78, 5) is 31.5. The molecular weight excluding hydrogens is 330 g/mol. The summed E-state index contributed by atoms with van der Waals surface area (Å²) in [6, 6.07) is 4.52. The van der Waals surface area contributed by atoms with Crippen molar-refractivity contribution in [3.63, 3.8) is 0 Å². The molecule has 0 aromatic carbocycles. The zero-order valence-corrected chi connectivity index (χ0v) is 13.2. The highest BCUT2D eigenvalue weighted by Gasteiger charge is 2.08. The van der Waals surface area contributed by atoms with E-state index in [4.69, 9.17) is 0 Å². The molecule has 122 valence electrons. The van der Waals surface area contributed by atoms with Crippen LogP contribution < -0.4 is 16.0 Å². The van der Waals surface area contributed by atoms with E-state index in [0.29, 0.717) is 16.6 Å². The number of thiazole rings is 1. The summed E-state index contributed by atoms with van der Waals surface area (Å²) >= 11 is 1.43. The maximum absolute atomic E-state index is 11.8. The number of nitrogens with zero attached hydrogens (tertiary/aromatic N) is 4. The molecule has 3 aromatic heterocycles. The van der Waals surface area contributed by atoms with Crippen LogP contribution in [0.25, 0.3) is 5.13 Å². The lowest BCUT2D eigenvalue weighted by atomic mass is 10.4. The van der Waals surface area contributed by atoms with Crippen LogP contribution in [0.1, 0.15) is 0 Å². The van der Waals surface area contributed by atoms with Gasteiger partial charge >= 0.3 is 6.03 Å². The molecule has 9 nitrogen and oxygen atoms in total.